The van der Waals surface area contributed by atoms with Crippen molar-refractivity contribution in [1.29, 1.82) is 0 Å². The summed E-state index contributed by atoms with van der Waals surface area (Å²) in [4.78, 5) is 44.3. The van der Waals surface area contributed by atoms with Gasteiger partial charge in [0.15, 0.2) is 0 Å². The zero-order valence-corrected chi connectivity index (χ0v) is 19.7. The Balaban J connectivity index is 1.34. The third-order valence-corrected chi connectivity index (χ3v) is 6.94. The summed E-state index contributed by atoms with van der Waals surface area (Å²) in [5.74, 6) is -0.700. The number of anilines is 2. The highest BCUT2D eigenvalue weighted by Gasteiger charge is 2.34. The van der Waals surface area contributed by atoms with Crippen LogP contribution in [0, 0.1) is 5.92 Å². The SMILES string of the molecule is O=C(Nc1ccc(Cl)cn1)c1oc2ccc(O)cc2c1NC(=O)C1CCC(N2CCCC2=O)CC1. The second-order valence-electron chi connectivity index (χ2n) is 8.99. The third-order valence-electron chi connectivity index (χ3n) is 6.71. The number of pyridine rings is 1. The highest BCUT2D eigenvalue weighted by atomic mass is 35.5. The second-order valence-corrected chi connectivity index (χ2v) is 9.42. The molecule has 35 heavy (non-hydrogen) atoms. The number of carbonyl (C=O) groups is 3. The van der Waals surface area contributed by atoms with Crippen LogP contribution in [0.2, 0.25) is 5.02 Å². The van der Waals surface area contributed by atoms with Crippen molar-refractivity contribution in [2.45, 2.75) is 44.6 Å². The lowest BCUT2D eigenvalue weighted by Gasteiger charge is -2.34. The number of furan rings is 1. The Morgan fingerprint density at radius 2 is 1.91 bits per heavy atom. The summed E-state index contributed by atoms with van der Waals surface area (Å²) in [6.07, 6.45) is 5.75. The van der Waals surface area contributed by atoms with E-state index < -0.39 is 5.91 Å². The van der Waals surface area contributed by atoms with E-state index in [9.17, 15) is 19.5 Å². The van der Waals surface area contributed by atoms with Gasteiger partial charge >= 0.3 is 0 Å². The monoisotopic (exact) mass is 496 g/mol. The van der Waals surface area contributed by atoms with Crippen molar-refractivity contribution in [3.63, 3.8) is 0 Å². The van der Waals surface area contributed by atoms with Gasteiger partial charge in [-0.2, -0.15) is 0 Å². The standard InChI is InChI=1S/C25H25ClN4O5/c26-15-5-10-20(27-13-15)28-25(34)23-22(18-12-17(31)8-9-19(18)35-23)29-24(33)14-3-6-16(7-4-14)30-11-1-2-21(30)32/h5,8-10,12-14,16,31H,1-4,6-7,11H2,(H,29,33)(H,27,28,34). The number of hydrogen-bond donors (Lipinski definition) is 3. The Morgan fingerprint density at radius 3 is 2.60 bits per heavy atom. The van der Waals surface area contributed by atoms with E-state index in [2.05, 4.69) is 15.6 Å². The lowest BCUT2D eigenvalue weighted by atomic mass is 9.84. The molecule has 0 unspecified atom stereocenters. The second kappa shape index (κ2) is 9.58. The lowest BCUT2D eigenvalue weighted by Crippen LogP contribution is -2.40. The van der Waals surface area contributed by atoms with Gasteiger partial charge in [-0.15, -0.1) is 0 Å². The maximum absolute atomic E-state index is 13.2. The van der Waals surface area contributed by atoms with Crippen molar-refractivity contribution in [2.24, 2.45) is 5.92 Å². The summed E-state index contributed by atoms with van der Waals surface area (Å²) in [7, 11) is 0. The highest BCUT2D eigenvalue weighted by Crippen LogP contribution is 2.36. The van der Waals surface area contributed by atoms with E-state index in [0.717, 1.165) is 25.8 Å². The van der Waals surface area contributed by atoms with Crippen molar-refractivity contribution in [2.75, 3.05) is 17.2 Å². The molecule has 0 atom stereocenters. The molecule has 1 aliphatic carbocycles. The number of rotatable bonds is 5. The predicted molar refractivity (Wildman–Crippen MR) is 130 cm³/mol. The van der Waals surface area contributed by atoms with Crippen LogP contribution in [0.5, 0.6) is 5.75 Å². The van der Waals surface area contributed by atoms with E-state index in [0.29, 0.717) is 35.3 Å². The van der Waals surface area contributed by atoms with Crippen LogP contribution in [0.25, 0.3) is 11.0 Å². The topological polar surface area (TPSA) is 125 Å². The van der Waals surface area contributed by atoms with E-state index >= 15 is 0 Å². The molecule has 0 bridgehead atoms. The number of aromatic hydroxyl groups is 1. The van der Waals surface area contributed by atoms with Gasteiger partial charge in [-0.25, -0.2) is 4.98 Å². The molecule has 0 spiro atoms. The number of phenolic OH excluding ortho intramolecular Hbond substituents is 1. The minimum absolute atomic E-state index is 0.0177. The number of likely N-dealkylation sites (tertiary alicyclic amines) is 1. The number of benzene rings is 1. The van der Waals surface area contributed by atoms with Crippen LogP contribution in [-0.2, 0) is 9.59 Å². The molecule has 1 aromatic carbocycles. The number of phenols is 1. The first-order chi connectivity index (χ1) is 16.9. The van der Waals surface area contributed by atoms with Crippen molar-refractivity contribution in [3.05, 3.63) is 47.3 Å². The summed E-state index contributed by atoms with van der Waals surface area (Å²) in [5, 5.41) is 16.4. The number of aromatic nitrogens is 1. The van der Waals surface area contributed by atoms with Crippen LogP contribution in [0.1, 0.15) is 49.1 Å². The molecular formula is C25H25ClN4O5. The quantitative estimate of drug-likeness (QED) is 0.475. The van der Waals surface area contributed by atoms with E-state index in [4.69, 9.17) is 16.0 Å². The molecule has 9 nitrogen and oxygen atoms in total. The fourth-order valence-corrected chi connectivity index (χ4v) is 5.03. The van der Waals surface area contributed by atoms with Gasteiger partial charge in [-0.3, -0.25) is 14.4 Å². The first-order valence-corrected chi connectivity index (χ1v) is 12.1. The number of nitrogens with one attached hydrogen (secondary N) is 2. The molecule has 3 amide bonds. The van der Waals surface area contributed by atoms with Crippen LogP contribution in [0.15, 0.2) is 40.9 Å². The zero-order chi connectivity index (χ0) is 24.5. The van der Waals surface area contributed by atoms with Gasteiger partial charge < -0.3 is 25.1 Å². The van der Waals surface area contributed by atoms with Crippen molar-refractivity contribution < 1.29 is 23.9 Å². The van der Waals surface area contributed by atoms with Gasteiger partial charge in [-0.1, -0.05) is 11.6 Å². The average molecular weight is 497 g/mol. The number of hydrogen-bond acceptors (Lipinski definition) is 6. The van der Waals surface area contributed by atoms with Crippen LogP contribution >= 0.6 is 11.6 Å². The van der Waals surface area contributed by atoms with E-state index in [1.807, 2.05) is 4.90 Å². The van der Waals surface area contributed by atoms with Crippen molar-refractivity contribution in [3.8, 4) is 5.75 Å². The Morgan fingerprint density at radius 1 is 1.11 bits per heavy atom. The molecule has 0 radical (unpaired) electrons. The molecule has 2 fully saturated rings. The molecule has 1 saturated heterocycles. The van der Waals surface area contributed by atoms with Gasteiger partial charge in [0.2, 0.25) is 17.6 Å². The largest absolute Gasteiger partial charge is 0.508 e. The fourth-order valence-electron chi connectivity index (χ4n) is 4.92. The Kier molecular flexibility index (Phi) is 6.34. The van der Waals surface area contributed by atoms with Gasteiger partial charge in [0.05, 0.1) is 5.02 Å². The van der Waals surface area contributed by atoms with Crippen LogP contribution in [0.4, 0.5) is 11.5 Å². The predicted octanol–water partition coefficient (Wildman–Crippen LogP) is 4.56. The Labute approximate surface area is 206 Å². The summed E-state index contributed by atoms with van der Waals surface area (Å²) >= 11 is 5.86. The zero-order valence-electron chi connectivity index (χ0n) is 18.9. The molecule has 2 aromatic heterocycles. The fraction of sp³-hybridized carbons (Fsp3) is 0.360. The van der Waals surface area contributed by atoms with E-state index in [1.165, 1.54) is 24.4 Å². The maximum atomic E-state index is 13.2. The van der Waals surface area contributed by atoms with E-state index in [1.54, 1.807) is 12.1 Å². The van der Waals surface area contributed by atoms with Gasteiger partial charge in [0.1, 0.15) is 22.8 Å². The first-order valence-electron chi connectivity index (χ1n) is 11.7. The molecule has 1 aliphatic heterocycles. The molecule has 182 valence electrons. The first kappa shape index (κ1) is 23.2. The average Bonchev–Trinajstić information content (AvgIpc) is 3.44. The number of carbonyl (C=O) groups excluding carboxylic acids is 3. The maximum Gasteiger partial charge on any atom is 0.294 e. The van der Waals surface area contributed by atoms with Crippen LogP contribution < -0.4 is 10.6 Å². The number of nitrogens with zero attached hydrogens (tertiary/aromatic N) is 2. The van der Waals surface area contributed by atoms with Gasteiger partial charge in [0, 0.05) is 36.5 Å². The minimum Gasteiger partial charge on any atom is -0.508 e. The normalized spacial score (nSPS) is 20.3. The summed E-state index contributed by atoms with van der Waals surface area (Å²) in [6.45, 7) is 0.797. The lowest BCUT2D eigenvalue weighted by molar-refractivity contribution is -0.130. The van der Waals surface area contributed by atoms with Gasteiger partial charge in [0.25, 0.3) is 5.91 Å². The smallest absolute Gasteiger partial charge is 0.294 e. The third kappa shape index (κ3) is 4.81. The molecule has 3 aromatic rings. The van der Waals surface area contributed by atoms with Crippen molar-refractivity contribution >= 4 is 51.8 Å². The van der Waals surface area contributed by atoms with Gasteiger partial charge in [-0.05, 0) is 62.4 Å². The summed E-state index contributed by atoms with van der Waals surface area (Å²) in [6, 6.07) is 7.76. The highest BCUT2D eigenvalue weighted by molar-refractivity contribution is 6.30. The summed E-state index contributed by atoms with van der Waals surface area (Å²) < 4.78 is 5.76. The van der Waals surface area contributed by atoms with Crippen LogP contribution in [-0.4, -0.2) is 45.3 Å². The number of fused-ring (bicyclic) bond motifs is 1. The molecule has 2 aliphatic rings. The molecule has 10 heteroatoms. The van der Waals surface area contributed by atoms with E-state index in [-0.39, 0.29) is 46.8 Å². The molecule has 1 saturated carbocycles. The minimum atomic E-state index is -0.595. The Bertz CT molecular complexity index is 1280. The number of amides is 3. The van der Waals surface area contributed by atoms with Crippen molar-refractivity contribution in [1.82, 2.24) is 9.88 Å². The molecular weight excluding hydrogens is 472 g/mol. The summed E-state index contributed by atoms with van der Waals surface area (Å²) in [5.41, 5.74) is 0.549. The molecule has 3 heterocycles. The Hall–Kier alpha value is -3.59. The molecule has 3 N–H and O–H groups in total. The molecule has 5 rings (SSSR count). The number of halogens is 1. The van der Waals surface area contributed by atoms with Crippen LogP contribution in [0.3, 0.4) is 0 Å².